The Balaban J connectivity index is 1.53. The van der Waals surface area contributed by atoms with E-state index in [-0.39, 0.29) is 5.91 Å². The number of nitrogens with one attached hydrogen (secondary N) is 1. The Morgan fingerprint density at radius 3 is 2.61 bits per heavy atom. The van der Waals surface area contributed by atoms with Crippen molar-refractivity contribution < 1.29 is 9.59 Å². The lowest BCUT2D eigenvalue weighted by molar-refractivity contribution is 0.1000. The number of carbonyl (C=O) groups is 2. The third-order valence-electron chi connectivity index (χ3n) is 6.39. The first-order valence-corrected chi connectivity index (χ1v) is 12.9. The molecule has 2 amide bonds. The van der Waals surface area contributed by atoms with Gasteiger partial charge in [-0.2, -0.15) is 0 Å². The van der Waals surface area contributed by atoms with Crippen molar-refractivity contribution in [2.24, 2.45) is 11.7 Å². The van der Waals surface area contributed by atoms with Crippen LogP contribution in [0.3, 0.4) is 0 Å². The van der Waals surface area contributed by atoms with Crippen LogP contribution in [0.4, 0.5) is 5.00 Å². The van der Waals surface area contributed by atoms with Crippen molar-refractivity contribution in [3.63, 3.8) is 0 Å². The Hall–Kier alpha value is -2.96. The van der Waals surface area contributed by atoms with Crippen LogP contribution in [0, 0.1) is 12.8 Å². The summed E-state index contributed by atoms with van der Waals surface area (Å²) < 4.78 is 1.08. The van der Waals surface area contributed by atoms with Crippen LogP contribution in [0.2, 0.25) is 0 Å². The zero-order valence-corrected chi connectivity index (χ0v) is 20.4. The van der Waals surface area contributed by atoms with Crippen molar-refractivity contribution >= 4 is 49.6 Å². The molecule has 0 saturated carbocycles. The zero-order valence-electron chi connectivity index (χ0n) is 18.7. The minimum atomic E-state index is -0.464. The molecule has 2 heterocycles. The smallest absolute Gasteiger partial charge is 0.266 e. The van der Waals surface area contributed by atoms with Gasteiger partial charge in [0.25, 0.3) is 11.8 Å². The number of thiophene rings is 2. The summed E-state index contributed by atoms with van der Waals surface area (Å²) >= 11 is 3.01. The lowest BCUT2D eigenvalue weighted by Crippen LogP contribution is -2.19. The Bertz CT molecular complexity index is 1370. The van der Waals surface area contributed by atoms with Gasteiger partial charge in [0.15, 0.2) is 0 Å². The Morgan fingerprint density at radius 1 is 1.09 bits per heavy atom. The Labute approximate surface area is 201 Å². The summed E-state index contributed by atoms with van der Waals surface area (Å²) in [5.74, 6) is -0.0647. The minimum absolute atomic E-state index is 0.174. The van der Waals surface area contributed by atoms with Crippen molar-refractivity contribution in [3.8, 4) is 0 Å². The van der Waals surface area contributed by atoms with E-state index >= 15 is 0 Å². The van der Waals surface area contributed by atoms with Gasteiger partial charge in [0.2, 0.25) is 0 Å². The van der Waals surface area contributed by atoms with E-state index < -0.39 is 5.91 Å². The summed E-state index contributed by atoms with van der Waals surface area (Å²) in [6, 6.07) is 16.6. The first-order chi connectivity index (χ1) is 15.9. The predicted molar refractivity (Wildman–Crippen MR) is 138 cm³/mol. The van der Waals surface area contributed by atoms with Crippen molar-refractivity contribution in [1.82, 2.24) is 0 Å². The summed E-state index contributed by atoms with van der Waals surface area (Å²) in [4.78, 5) is 27.7. The van der Waals surface area contributed by atoms with Crippen molar-refractivity contribution in [3.05, 3.63) is 86.1 Å². The van der Waals surface area contributed by atoms with Crippen LogP contribution in [0.1, 0.15) is 60.5 Å². The van der Waals surface area contributed by atoms with Crippen molar-refractivity contribution in [1.29, 1.82) is 0 Å². The zero-order chi connectivity index (χ0) is 23.1. The molecule has 2 aromatic heterocycles. The molecule has 0 radical (unpaired) electrons. The number of carbonyl (C=O) groups excluding carboxylic acids is 2. The van der Waals surface area contributed by atoms with E-state index in [2.05, 4.69) is 55.6 Å². The van der Waals surface area contributed by atoms with Crippen LogP contribution in [-0.2, 0) is 19.3 Å². The molecule has 3 N–H and O–H groups in total. The molecule has 1 unspecified atom stereocenters. The summed E-state index contributed by atoms with van der Waals surface area (Å²) in [5.41, 5.74) is 10.7. The highest BCUT2D eigenvalue weighted by atomic mass is 32.1. The van der Waals surface area contributed by atoms with Gasteiger partial charge in [-0.25, -0.2) is 0 Å². The normalized spacial score (nSPS) is 15.4. The third kappa shape index (κ3) is 4.21. The van der Waals surface area contributed by atoms with Crippen LogP contribution in [0.5, 0.6) is 0 Å². The van der Waals surface area contributed by atoms with Gasteiger partial charge in [-0.15, -0.1) is 22.7 Å². The highest BCUT2D eigenvalue weighted by Crippen LogP contribution is 2.40. The quantitative estimate of drug-likeness (QED) is 0.354. The Morgan fingerprint density at radius 2 is 1.85 bits per heavy atom. The SMILES string of the molecule is Cc1ccc(Cc2c(C(=O)Nc3sc4c(c3C(N)=O)CCC(C)C4)sc3ccccc23)cc1. The monoisotopic (exact) mass is 474 g/mol. The topological polar surface area (TPSA) is 72.2 Å². The van der Waals surface area contributed by atoms with Gasteiger partial charge in [-0.05, 0) is 66.7 Å². The molecule has 1 aliphatic rings. The maximum absolute atomic E-state index is 13.6. The lowest BCUT2D eigenvalue weighted by atomic mass is 9.88. The molecule has 0 fully saturated rings. The first-order valence-electron chi connectivity index (χ1n) is 11.2. The van der Waals surface area contributed by atoms with E-state index in [9.17, 15) is 9.59 Å². The van der Waals surface area contributed by atoms with Crippen LogP contribution >= 0.6 is 22.7 Å². The van der Waals surface area contributed by atoms with E-state index in [0.717, 1.165) is 46.0 Å². The van der Waals surface area contributed by atoms with Gasteiger partial charge < -0.3 is 11.1 Å². The molecular weight excluding hydrogens is 448 g/mol. The molecule has 5 rings (SSSR count). The summed E-state index contributed by atoms with van der Waals surface area (Å²) in [5, 5.41) is 4.75. The molecule has 6 heteroatoms. The third-order valence-corrected chi connectivity index (χ3v) is 8.77. The summed E-state index contributed by atoms with van der Waals surface area (Å²) in [6.45, 7) is 4.29. The number of hydrogen-bond donors (Lipinski definition) is 2. The molecule has 0 spiro atoms. The van der Waals surface area contributed by atoms with E-state index in [0.29, 0.717) is 27.8 Å². The number of benzene rings is 2. The molecule has 168 valence electrons. The van der Waals surface area contributed by atoms with Crippen LogP contribution in [0.25, 0.3) is 10.1 Å². The second-order valence-corrected chi connectivity index (χ2v) is 11.1. The van der Waals surface area contributed by atoms with E-state index in [1.165, 1.54) is 33.1 Å². The van der Waals surface area contributed by atoms with Crippen LogP contribution < -0.4 is 11.1 Å². The lowest BCUT2D eigenvalue weighted by Gasteiger charge is -2.18. The van der Waals surface area contributed by atoms with Crippen LogP contribution in [-0.4, -0.2) is 11.8 Å². The largest absolute Gasteiger partial charge is 0.365 e. The van der Waals surface area contributed by atoms with Crippen LogP contribution in [0.15, 0.2) is 48.5 Å². The molecule has 1 aliphatic carbocycles. The van der Waals surface area contributed by atoms with Gasteiger partial charge in [0.05, 0.1) is 10.4 Å². The fourth-order valence-corrected chi connectivity index (χ4v) is 7.16. The van der Waals surface area contributed by atoms with E-state index in [1.807, 2.05) is 12.1 Å². The average Bonchev–Trinajstić information content (AvgIpc) is 3.33. The van der Waals surface area contributed by atoms with E-state index in [1.54, 1.807) is 0 Å². The summed E-state index contributed by atoms with van der Waals surface area (Å²) in [7, 11) is 0. The first kappa shape index (κ1) is 21.9. The number of aryl methyl sites for hydroxylation is 1. The summed E-state index contributed by atoms with van der Waals surface area (Å²) in [6.07, 6.45) is 3.48. The van der Waals surface area contributed by atoms with Gasteiger partial charge in [0, 0.05) is 9.58 Å². The number of nitrogens with two attached hydrogens (primary N) is 1. The number of primary amides is 1. The molecule has 4 aromatic rings. The molecule has 1 atom stereocenters. The average molecular weight is 475 g/mol. The fraction of sp³-hybridized carbons (Fsp3) is 0.259. The second-order valence-electron chi connectivity index (χ2n) is 8.94. The maximum atomic E-state index is 13.6. The number of fused-ring (bicyclic) bond motifs is 2. The molecule has 0 aliphatic heterocycles. The van der Waals surface area contributed by atoms with E-state index in [4.69, 9.17) is 5.73 Å². The number of rotatable bonds is 5. The molecule has 2 aromatic carbocycles. The Kier molecular flexibility index (Phi) is 5.81. The standard InChI is InChI=1S/C27H26N2O2S2/c1-15-7-10-17(11-8-15)14-20-18-5-3-4-6-21(18)32-24(20)26(31)29-27-23(25(28)30)19-12-9-16(2)13-22(19)33-27/h3-8,10-11,16H,9,12-14H2,1-2H3,(H2,28,30)(H,29,31). The maximum Gasteiger partial charge on any atom is 0.266 e. The van der Waals surface area contributed by atoms with Gasteiger partial charge in [-0.3, -0.25) is 9.59 Å². The predicted octanol–water partition coefficient (Wildman–Crippen LogP) is 6.34. The second kappa shape index (κ2) is 8.76. The molecular formula is C27H26N2O2S2. The number of amides is 2. The van der Waals surface area contributed by atoms with Gasteiger partial charge in [0.1, 0.15) is 5.00 Å². The van der Waals surface area contributed by atoms with Crippen molar-refractivity contribution in [2.75, 3.05) is 5.32 Å². The molecule has 0 saturated heterocycles. The highest BCUT2D eigenvalue weighted by molar-refractivity contribution is 7.21. The minimum Gasteiger partial charge on any atom is -0.365 e. The molecule has 0 bridgehead atoms. The molecule has 4 nitrogen and oxygen atoms in total. The number of hydrogen-bond acceptors (Lipinski definition) is 4. The van der Waals surface area contributed by atoms with Gasteiger partial charge in [-0.1, -0.05) is 55.0 Å². The van der Waals surface area contributed by atoms with Gasteiger partial charge >= 0.3 is 0 Å². The fourth-order valence-electron chi connectivity index (χ4n) is 4.63. The highest BCUT2D eigenvalue weighted by Gasteiger charge is 2.28. The van der Waals surface area contributed by atoms with Crippen molar-refractivity contribution in [2.45, 2.75) is 39.5 Å². The number of anilines is 1. The molecule has 33 heavy (non-hydrogen) atoms.